The maximum absolute atomic E-state index is 3.11. The highest BCUT2D eigenvalue weighted by molar-refractivity contribution is 4.71. The van der Waals surface area contributed by atoms with Gasteiger partial charge in [0.25, 0.3) is 0 Å². The molecule has 0 unspecified atom stereocenters. The Bertz CT molecular complexity index is 21.0. The minimum absolute atomic E-state index is 0.889. The van der Waals surface area contributed by atoms with Gasteiger partial charge in [0.15, 0.2) is 0 Å². The Kier molecular flexibility index (Phi) is 1.47. The molecule has 1 heterocycles. The average molecular weight is 84.1 g/mol. The van der Waals surface area contributed by atoms with Crippen molar-refractivity contribution in [1.29, 1.82) is 0 Å². The van der Waals surface area contributed by atoms with Crippen molar-refractivity contribution in [3.05, 3.63) is 6.54 Å². The lowest BCUT2D eigenvalue weighted by Gasteiger charge is -2.09. The van der Waals surface area contributed by atoms with E-state index in [0.717, 1.165) is 19.6 Å². The molecule has 2 heteroatoms. The molecule has 0 aromatic rings. The van der Waals surface area contributed by atoms with Crippen LogP contribution in [-0.4, -0.2) is 19.6 Å². The Morgan fingerprint density at radius 2 is 2.33 bits per heavy atom. The maximum Gasteiger partial charge on any atom is 0.0738 e. The lowest BCUT2D eigenvalue weighted by molar-refractivity contribution is 0.591. The standard InChI is InChI=1S/C4H8N2/c1-2-6-4-3-5-1/h5-6H,1-3H2. The Morgan fingerprint density at radius 3 is 2.50 bits per heavy atom. The van der Waals surface area contributed by atoms with E-state index in [1.54, 1.807) is 0 Å². The third-order valence-electron chi connectivity index (χ3n) is 0.765. The van der Waals surface area contributed by atoms with Gasteiger partial charge in [0.1, 0.15) is 0 Å². The first-order valence-electron chi connectivity index (χ1n) is 2.16. The first kappa shape index (κ1) is 4.09. The fraction of sp³-hybridized carbons (Fsp3) is 0.750. The molecule has 2 N–H and O–H groups in total. The zero-order valence-corrected chi connectivity index (χ0v) is 3.62. The molecule has 2 nitrogen and oxygen atoms in total. The summed E-state index contributed by atoms with van der Waals surface area (Å²) in [5.41, 5.74) is 0. The smallest absolute Gasteiger partial charge is 0.0738 e. The second-order valence-electron chi connectivity index (χ2n) is 1.28. The third-order valence-corrected chi connectivity index (χ3v) is 0.765. The van der Waals surface area contributed by atoms with Crippen molar-refractivity contribution in [3.8, 4) is 0 Å². The van der Waals surface area contributed by atoms with Crippen molar-refractivity contribution >= 4 is 0 Å². The van der Waals surface area contributed by atoms with Gasteiger partial charge in [-0.1, -0.05) is 0 Å². The molecular formula is C4H8N2. The minimum Gasteiger partial charge on any atom is -0.313 e. The summed E-state index contributed by atoms with van der Waals surface area (Å²) in [6, 6.07) is 0. The first-order valence-corrected chi connectivity index (χ1v) is 2.16. The molecular weight excluding hydrogens is 76.1 g/mol. The van der Waals surface area contributed by atoms with Crippen molar-refractivity contribution in [2.24, 2.45) is 0 Å². The average Bonchev–Trinajstić information content (AvgIpc) is 1.72. The highest BCUT2D eigenvalue weighted by Crippen LogP contribution is 1.71. The Labute approximate surface area is 37.9 Å². The Morgan fingerprint density at radius 1 is 1.33 bits per heavy atom. The van der Waals surface area contributed by atoms with Crippen molar-refractivity contribution in [1.82, 2.24) is 10.6 Å². The van der Waals surface area contributed by atoms with E-state index in [0.29, 0.717) is 0 Å². The molecule has 0 aromatic carbocycles. The lowest BCUT2D eigenvalue weighted by atomic mass is 10.4. The monoisotopic (exact) mass is 84.1 g/mol. The second kappa shape index (κ2) is 2.16. The van der Waals surface area contributed by atoms with Crippen molar-refractivity contribution in [2.75, 3.05) is 19.6 Å². The van der Waals surface area contributed by atoms with Gasteiger partial charge in [-0.05, 0) is 0 Å². The highest BCUT2D eigenvalue weighted by atomic mass is 15.0. The van der Waals surface area contributed by atoms with Crippen LogP contribution in [0.5, 0.6) is 0 Å². The number of hydrogen-bond donors (Lipinski definition) is 2. The molecule has 1 saturated heterocycles. The summed E-state index contributed by atoms with van der Waals surface area (Å²) in [5, 5.41) is 6.08. The maximum atomic E-state index is 3.11. The van der Waals surface area contributed by atoms with Gasteiger partial charge in [-0.3, -0.25) is 0 Å². The van der Waals surface area contributed by atoms with Crippen LogP contribution in [0.25, 0.3) is 0 Å². The van der Waals surface area contributed by atoms with E-state index in [4.69, 9.17) is 0 Å². The number of rotatable bonds is 0. The fourth-order valence-electron chi connectivity index (χ4n) is 0.453. The van der Waals surface area contributed by atoms with Crippen LogP contribution in [0.1, 0.15) is 0 Å². The molecule has 0 bridgehead atoms. The summed E-state index contributed by atoms with van der Waals surface area (Å²) in [5.74, 6) is 0. The molecule has 0 saturated carbocycles. The van der Waals surface area contributed by atoms with Crippen LogP contribution in [0.4, 0.5) is 0 Å². The number of piperazine rings is 1. The molecule has 0 amide bonds. The first-order chi connectivity index (χ1) is 3.00. The van der Waals surface area contributed by atoms with Crippen LogP contribution in [0.3, 0.4) is 0 Å². The van der Waals surface area contributed by atoms with E-state index in [1.807, 2.05) is 0 Å². The molecule has 1 aliphatic heterocycles. The van der Waals surface area contributed by atoms with E-state index in [2.05, 4.69) is 17.2 Å². The molecule has 6 heavy (non-hydrogen) atoms. The quantitative estimate of drug-likeness (QED) is 0.402. The van der Waals surface area contributed by atoms with Gasteiger partial charge < -0.3 is 10.6 Å². The molecule has 0 aromatic heterocycles. The summed E-state index contributed by atoms with van der Waals surface area (Å²) in [7, 11) is 0. The van der Waals surface area contributed by atoms with E-state index in [-0.39, 0.29) is 0 Å². The van der Waals surface area contributed by atoms with E-state index in [1.165, 1.54) is 0 Å². The van der Waals surface area contributed by atoms with Gasteiger partial charge in [-0.2, -0.15) is 0 Å². The molecule has 1 fully saturated rings. The molecule has 0 spiro atoms. The van der Waals surface area contributed by atoms with Crippen molar-refractivity contribution in [3.63, 3.8) is 0 Å². The van der Waals surface area contributed by atoms with Crippen LogP contribution >= 0.6 is 0 Å². The van der Waals surface area contributed by atoms with Crippen molar-refractivity contribution < 1.29 is 0 Å². The predicted molar refractivity (Wildman–Crippen MR) is 24.1 cm³/mol. The van der Waals surface area contributed by atoms with Gasteiger partial charge in [-0.15, -0.1) is 0 Å². The second-order valence-corrected chi connectivity index (χ2v) is 1.28. The summed E-state index contributed by atoms with van der Waals surface area (Å²) >= 11 is 0. The normalized spacial score (nSPS) is 24.0. The van der Waals surface area contributed by atoms with Crippen LogP contribution in [0.15, 0.2) is 0 Å². The Hall–Kier alpha value is -0.0800. The van der Waals surface area contributed by atoms with E-state index < -0.39 is 0 Å². The van der Waals surface area contributed by atoms with Gasteiger partial charge in [0.05, 0.1) is 6.54 Å². The van der Waals surface area contributed by atoms with E-state index in [9.17, 15) is 0 Å². The Balaban J connectivity index is 2.00. The summed E-state index contributed by atoms with van der Waals surface area (Å²) < 4.78 is 0. The van der Waals surface area contributed by atoms with Crippen molar-refractivity contribution in [2.45, 2.75) is 0 Å². The highest BCUT2D eigenvalue weighted by Gasteiger charge is 1.93. The van der Waals surface area contributed by atoms with Gasteiger partial charge in [0.2, 0.25) is 0 Å². The van der Waals surface area contributed by atoms with Crippen LogP contribution in [0, 0.1) is 6.54 Å². The predicted octanol–water partition coefficient (Wildman–Crippen LogP) is -0.782. The lowest BCUT2D eigenvalue weighted by Crippen LogP contribution is -2.35. The van der Waals surface area contributed by atoms with Crippen LogP contribution < -0.4 is 10.6 Å². The molecule has 1 aliphatic rings. The molecule has 0 aliphatic carbocycles. The van der Waals surface area contributed by atoms with Gasteiger partial charge in [0, 0.05) is 19.6 Å². The van der Waals surface area contributed by atoms with Crippen LogP contribution in [-0.2, 0) is 0 Å². The molecule has 2 radical (unpaired) electrons. The zero-order valence-electron chi connectivity index (χ0n) is 3.62. The molecule has 1 rings (SSSR count). The summed E-state index contributed by atoms with van der Waals surface area (Å²) in [6.45, 7) is 5.92. The number of hydrogen-bond acceptors (Lipinski definition) is 2. The summed E-state index contributed by atoms with van der Waals surface area (Å²) in [6.07, 6.45) is 0. The molecule has 34 valence electrons. The summed E-state index contributed by atoms with van der Waals surface area (Å²) in [4.78, 5) is 0. The zero-order chi connectivity index (χ0) is 4.24. The SMILES string of the molecule is [C]1CNCCN1. The third kappa shape index (κ3) is 0.954. The topological polar surface area (TPSA) is 24.1 Å². The minimum atomic E-state index is 0.889. The largest absolute Gasteiger partial charge is 0.313 e. The van der Waals surface area contributed by atoms with Gasteiger partial charge >= 0.3 is 0 Å². The van der Waals surface area contributed by atoms with Crippen LogP contribution in [0.2, 0.25) is 0 Å². The van der Waals surface area contributed by atoms with Gasteiger partial charge in [-0.25, -0.2) is 0 Å². The number of nitrogens with one attached hydrogen (secondary N) is 2. The van der Waals surface area contributed by atoms with E-state index >= 15 is 0 Å². The molecule has 0 atom stereocenters. The fourth-order valence-corrected chi connectivity index (χ4v) is 0.453.